The fraction of sp³-hybridized carbons (Fsp3) is 0.389. The second kappa shape index (κ2) is 6.43. The van der Waals surface area contributed by atoms with Crippen LogP contribution in [0.25, 0.3) is 0 Å². The van der Waals surface area contributed by atoms with Gasteiger partial charge in [0, 0.05) is 5.75 Å². The van der Waals surface area contributed by atoms with Gasteiger partial charge in [0.05, 0.1) is 18.0 Å². The summed E-state index contributed by atoms with van der Waals surface area (Å²) in [6, 6.07) is 12.1. The van der Waals surface area contributed by atoms with Gasteiger partial charge < -0.3 is 9.84 Å². The molecule has 2 aliphatic heterocycles. The number of thiophene rings is 1. The molecule has 1 unspecified atom stereocenters. The van der Waals surface area contributed by atoms with Crippen molar-refractivity contribution in [2.75, 3.05) is 30.3 Å². The Balaban J connectivity index is 1.80. The molecule has 3 heterocycles. The quantitative estimate of drug-likeness (QED) is 0.848. The number of amidine groups is 1. The monoisotopic (exact) mass is 361 g/mol. The number of hydrogen-bond donors (Lipinski definition) is 1. The number of para-hydroxylation sites is 2. The maximum atomic E-state index is 11.5. The third-order valence-corrected chi connectivity index (χ3v) is 6.62. The van der Waals surface area contributed by atoms with E-state index in [1.54, 1.807) is 11.3 Å². The average Bonchev–Trinajstić information content (AvgIpc) is 3.24. The summed E-state index contributed by atoms with van der Waals surface area (Å²) in [5, 5.41) is 14.7. The molecule has 0 bridgehead atoms. The second-order valence-electron chi connectivity index (χ2n) is 5.92. The number of benzene rings is 1. The molecule has 0 aliphatic carbocycles. The van der Waals surface area contributed by atoms with E-state index in [1.165, 1.54) is 0 Å². The molecule has 2 aromatic rings. The van der Waals surface area contributed by atoms with Crippen molar-refractivity contribution < 1.29 is 14.4 Å². The fourth-order valence-electron chi connectivity index (χ4n) is 3.36. The lowest BCUT2D eigenvalue weighted by Crippen LogP contribution is -2.40. The topological polar surface area (TPSA) is 35.7 Å². The zero-order chi connectivity index (χ0) is 16.6. The van der Waals surface area contributed by atoms with Crippen LogP contribution in [0.2, 0.25) is 0 Å². The zero-order valence-corrected chi connectivity index (χ0v) is 15.3. The molecule has 1 aromatic heterocycles. The third kappa shape index (κ3) is 2.53. The standard InChI is InChI=1S/C18H21N2O2S2/c1-2-22-15-8-4-3-7-14(15)19-13-18(21,16-9-5-11-23-16)20-10-6-12-24-17(19)20/h3-5,7-9,11,21H,2,6,10,12-13H2,1H3/q+1. The molecule has 24 heavy (non-hydrogen) atoms. The van der Waals surface area contributed by atoms with E-state index in [4.69, 9.17) is 4.74 Å². The molecule has 0 fully saturated rings. The van der Waals surface area contributed by atoms with Gasteiger partial charge in [0.1, 0.15) is 0 Å². The van der Waals surface area contributed by atoms with E-state index in [2.05, 4.69) is 15.5 Å². The molecule has 4 rings (SSSR count). The van der Waals surface area contributed by atoms with Gasteiger partial charge in [0.25, 0.3) is 5.72 Å². The highest BCUT2D eigenvalue weighted by molar-refractivity contribution is 8.13. The number of anilines is 1. The van der Waals surface area contributed by atoms with Crippen LogP contribution in [-0.2, 0) is 5.72 Å². The number of β-amino-alcohol motifs (C(OH)–C–C–N with tert-alkyl or cyclic N) is 1. The second-order valence-corrected chi connectivity index (χ2v) is 7.93. The molecule has 1 N–H and O–H groups in total. The maximum absolute atomic E-state index is 11.5. The van der Waals surface area contributed by atoms with Crippen LogP contribution < -0.4 is 9.64 Å². The van der Waals surface area contributed by atoms with Crippen LogP contribution in [0.15, 0.2) is 41.8 Å². The van der Waals surface area contributed by atoms with Crippen LogP contribution in [0, 0.1) is 0 Å². The Morgan fingerprint density at radius 3 is 2.96 bits per heavy atom. The minimum Gasteiger partial charge on any atom is -0.489 e. The van der Waals surface area contributed by atoms with Gasteiger partial charge in [-0.15, -0.1) is 11.3 Å². The molecule has 0 saturated heterocycles. The first-order valence-corrected chi connectivity index (χ1v) is 10.1. The lowest BCUT2D eigenvalue weighted by molar-refractivity contribution is -0.655. The molecule has 0 amide bonds. The van der Waals surface area contributed by atoms with Crippen LogP contribution in [0.3, 0.4) is 0 Å². The molecule has 1 aromatic carbocycles. The van der Waals surface area contributed by atoms with Crippen molar-refractivity contribution in [1.29, 1.82) is 0 Å². The number of rotatable bonds is 4. The Morgan fingerprint density at radius 2 is 2.17 bits per heavy atom. The molecule has 4 nitrogen and oxygen atoms in total. The summed E-state index contributed by atoms with van der Waals surface area (Å²) in [5.74, 6) is 1.95. The number of ether oxygens (including phenoxy) is 1. The minimum atomic E-state index is -0.962. The van der Waals surface area contributed by atoms with Gasteiger partial charge in [0.2, 0.25) is 0 Å². The van der Waals surface area contributed by atoms with Gasteiger partial charge in [-0.05, 0) is 48.7 Å². The number of aliphatic hydroxyl groups is 1. The van der Waals surface area contributed by atoms with Gasteiger partial charge in [-0.3, -0.25) is 0 Å². The lowest BCUT2D eigenvalue weighted by Gasteiger charge is -2.22. The van der Waals surface area contributed by atoms with E-state index in [9.17, 15) is 5.11 Å². The SMILES string of the molecule is CCOc1ccccc1N1CC(O)(c2cccs2)[N+]2=C1SCCC2. The predicted octanol–water partition coefficient (Wildman–Crippen LogP) is 3.32. The summed E-state index contributed by atoms with van der Waals surface area (Å²) in [7, 11) is 0. The van der Waals surface area contributed by atoms with Crippen molar-refractivity contribution in [1.82, 2.24) is 0 Å². The van der Waals surface area contributed by atoms with Crippen LogP contribution in [0.5, 0.6) is 5.75 Å². The zero-order valence-electron chi connectivity index (χ0n) is 13.6. The van der Waals surface area contributed by atoms with Gasteiger partial charge in [0.15, 0.2) is 18.0 Å². The maximum Gasteiger partial charge on any atom is 0.316 e. The van der Waals surface area contributed by atoms with Crippen LogP contribution >= 0.6 is 23.1 Å². The molecular formula is C18H21N2O2S2+. The summed E-state index contributed by atoms with van der Waals surface area (Å²) in [5.41, 5.74) is 0.0669. The highest BCUT2D eigenvalue weighted by atomic mass is 32.2. The van der Waals surface area contributed by atoms with Crippen LogP contribution in [-0.4, -0.2) is 40.3 Å². The van der Waals surface area contributed by atoms with Gasteiger partial charge in [-0.1, -0.05) is 18.2 Å². The fourth-order valence-corrected chi connectivity index (χ4v) is 5.36. The van der Waals surface area contributed by atoms with E-state index in [0.29, 0.717) is 13.2 Å². The first kappa shape index (κ1) is 16.0. The van der Waals surface area contributed by atoms with Crippen molar-refractivity contribution in [2.24, 2.45) is 0 Å². The normalized spacial score (nSPS) is 23.5. The molecule has 1 atom stereocenters. The van der Waals surface area contributed by atoms with E-state index in [0.717, 1.165) is 40.2 Å². The Hall–Kier alpha value is -1.50. The molecule has 126 valence electrons. The molecule has 0 radical (unpaired) electrons. The molecular weight excluding hydrogens is 340 g/mol. The van der Waals surface area contributed by atoms with Gasteiger partial charge in [-0.25, -0.2) is 9.48 Å². The first-order valence-electron chi connectivity index (χ1n) is 8.27. The van der Waals surface area contributed by atoms with Crippen molar-refractivity contribution in [2.45, 2.75) is 19.1 Å². The van der Waals surface area contributed by atoms with E-state index < -0.39 is 5.72 Å². The summed E-state index contributed by atoms with van der Waals surface area (Å²) < 4.78 is 7.99. The predicted molar refractivity (Wildman–Crippen MR) is 100 cm³/mol. The van der Waals surface area contributed by atoms with Crippen molar-refractivity contribution >= 4 is 34.0 Å². The van der Waals surface area contributed by atoms with Crippen molar-refractivity contribution in [3.05, 3.63) is 46.7 Å². The van der Waals surface area contributed by atoms with Crippen LogP contribution in [0.4, 0.5) is 5.69 Å². The minimum absolute atomic E-state index is 0.528. The smallest absolute Gasteiger partial charge is 0.316 e. The Morgan fingerprint density at radius 1 is 1.29 bits per heavy atom. The molecule has 2 aliphatic rings. The van der Waals surface area contributed by atoms with E-state index in [1.807, 2.05) is 54.4 Å². The third-order valence-electron chi connectivity index (χ3n) is 4.42. The average molecular weight is 362 g/mol. The number of hydrogen-bond acceptors (Lipinski definition) is 5. The first-order chi connectivity index (χ1) is 11.7. The summed E-state index contributed by atoms with van der Waals surface area (Å²) >= 11 is 3.43. The summed E-state index contributed by atoms with van der Waals surface area (Å²) in [6.45, 7) is 4.04. The lowest BCUT2D eigenvalue weighted by atomic mass is 10.1. The number of thioether (sulfide) groups is 1. The van der Waals surface area contributed by atoms with Crippen molar-refractivity contribution in [3.63, 3.8) is 0 Å². The van der Waals surface area contributed by atoms with Crippen molar-refractivity contribution in [3.8, 4) is 5.75 Å². The number of nitrogens with zero attached hydrogens (tertiary/aromatic N) is 2. The summed E-state index contributed by atoms with van der Waals surface area (Å²) in [6.07, 6.45) is 1.09. The largest absolute Gasteiger partial charge is 0.489 e. The highest BCUT2D eigenvalue weighted by Gasteiger charge is 2.54. The molecule has 6 heteroatoms. The molecule has 0 saturated carbocycles. The van der Waals surface area contributed by atoms with E-state index in [-0.39, 0.29) is 0 Å². The van der Waals surface area contributed by atoms with Crippen LogP contribution in [0.1, 0.15) is 18.2 Å². The van der Waals surface area contributed by atoms with E-state index >= 15 is 0 Å². The van der Waals surface area contributed by atoms with Gasteiger partial charge >= 0.3 is 5.17 Å². The molecule has 0 spiro atoms. The Bertz CT molecular complexity index is 760. The van der Waals surface area contributed by atoms with Gasteiger partial charge in [-0.2, -0.15) is 0 Å². The highest BCUT2D eigenvalue weighted by Crippen LogP contribution is 2.41. The Kier molecular flexibility index (Phi) is 4.28. The summed E-state index contributed by atoms with van der Waals surface area (Å²) in [4.78, 5) is 3.22. The Labute approximate surface area is 150 Å².